The molecule has 3 heteroatoms. The molecule has 3 nitrogen and oxygen atoms in total. The molecule has 4 rings (SSSR count). The Labute approximate surface area is 146 Å². The average molecular weight is 326 g/mol. The molecule has 3 aromatic rings. The minimum atomic E-state index is -0.299. The predicted octanol–water partition coefficient (Wildman–Crippen LogP) is 4.44. The van der Waals surface area contributed by atoms with Crippen molar-refractivity contribution in [1.82, 2.24) is 5.32 Å². The maximum absolute atomic E-state index is 12.9. The Hall–Kier alpha value is -3.12. The molecule has 0 aromatic heterocycles. The van der Waals surface area contributed by atoms with Crippen molar-refractivity contribution in [2.75, 3.05) is 0 Å². The molecule has 0 aliphatic heterocycles. The van der Waals surface area contributed by atoms with Crippen LogP contribution in [0.3, 0.4) is 0 Å². The highest BCUT2D eigenvalue weighted by Crippen LogP contribution is 2.48. The van der Waals surface area contributed by atoms with Gasteiger partial charge in [-0.05, 0) is 53.8 Å². The van der Waals surface area contributed by atoms with Gasteiger partial charge in [-0.3, -0.25) is 4.79 Å². The lowest BCUT2D eigenvalue weighted by Crippen LogP contribution is -2.35. The lowest BCUT2D eigenvalue weighted by molar-refractivity contribution is 0.0930. The molecule has 1 saturated carbocycles. The van der Waals surface area contributed by atoms with Crippen LogP contribution in [0.25, 0.3) is 10.8 Å². The summed E-state index contributed by atoms with van der Waals surface area (Å²) in [5.74, 6) is -0.111. The molecule has 0 unspecified atom stereocenters. The zero-order valence-corrected chi connectivity index (χ0v) is 14.0. The maximum Gasteiger partial charge on any atom is 0.252 e. The average Bonchev–Trinajstić information content (AvgIpc) is 3.42. The number of hydrogen-bond acceptors (Lipinski definition) is 2. The molecule has 3 aromatic carbocycles. The maximum atomic E-state index is 12.9. The molecule has 122 valence electrons. The zero-order chi connectivity index (χ0) is 17.4. The van der Waals surface area contributed by atoms with Crippen molar-refractivity contribution in [2.45, 2.75) is 25.3 Å². The number of rotatable bonds is 3. The van der Waals surface area contributed by atoms with Crippen LogP contribution < -0.4 is 5.32 Å². The third kappa shape index (κ3) is 2.66. The summed E-state index contributed by atoms with van der Waals surface area (Å²) in [6, 6.07) is 21.9. The molecule has 1 aliphatic rings. The van der Waals surface area contributed by atoms with Crippen molar-refractivity contribution in [2.24, 2.45) is 0 Å². The number of nitrogens with zero attached hydrogens (tertiary/aromatic N) is 1. The van der Waals surface area contributed by atoms with E-state index in [0.29, 0.717) is 11.1 Å². The first-order chi connectivity index (χ1) is 12.1. The molecule has 1 amide bonds. The van der Waals surface area contributed by atoms with E-state index >= 15 is 0 Å². The van der Waals surface area contributed by atoms with Crippen LogP contribution in [0, 0.1) is 18.3 Å². The van der Waals surface area contributed by atoms with E-state index in [1.807, 2.05) is 31.2 Å². The molecular formula is C22H18N2O. The summed E-state index contributed by atoms with van der Waals surface area (Å²) in [4.78, 5) is 12.9. The van der Waals surface area contributed by atoms with E-state index in [9.17, 15) is 4.79 Å². The second-order valence-corrected chi connectivity index (χ2v) is 6.70. The third-order valence-electron chi connectivity index (χ3n) is 5.02. The van der Waals surface area contributed by atoms with E-state index in [-0.39, 0.29) is 11.4 Å². The van der Waals surface area contributed by atoms with E-state index in [1.54, 1.807) is 12.1 Å². The van der Waals surface area contributed by atoms with E-state index in [4.69, 9.17) is 5.26 Å². The lowest BCUT2D eigenvalue weighted by Gasteiger charge is -2.21. The van der Waals surface area contributed by atoms with Crippen LogP contribution in [0.1, 0.15) is 39.9 Å². The lowest BCUT2D eigenvalue weighted by atomic mass is 9.96. The number of carbonyl (C=O) groups excluding carboxylic acids is 1. The highest BCUT2D eigenvalue weighted by Gasteiger charge is 2.46. The fourth-order valence-corrected chi connectivity index (χ4v) is 3.45. The molecule has 0 spiro atoms. The second-order valence-electron chi connectivity index (χ2n) is 6.70. The topological polar surface area (TPSA) is 52.9 Å². The summed E-state index contributed by atoms with van der Waals surface area (Å²) in [5.41, 5.74) is 2.84. The van der Waals surface area contributed by atoms with Crippen LogP contribution in [-0.2, 0) is 5.54 Å². The number of carbonyl (C=O) groups is 1. The molecular weight excluding hydrogens is 308 g/mol. The third-order valence-corrected chi connectivity index (χ3v) is 5.02. The summed E-state index contributed by atoms with van der Waals surface area (Å²) in [7, 11) is 0. The van der Waals surface area contributed by atoms with E-state index < -0.39 is 0 Å². The molecule has 0 heterocycles. The fraction of sp³-hybridized carbons (Fsp3) is 0.182. The van der Waals surface area contributed by atoms with Crippen molar-refractivity contribution in [1.29, 1.82) is 5.26 Å². The Morgan fingerprint density at radius 1 is 1.08 bits per heavy atom. The van der Waals surface area contributed by atoms with Gasteiger partial charge in [-0.15, -0.1) is 0 Å². The Kier molecular flexibility index (Phi) is 3.54. The number of amides is 1. The van der Waals surface area contributed by atoms with Crippen molar-refractivity contribution in [3.8, 4) is 6.07 Å². The molecule has 1 aliphatic carbocycles. The Morgan fingerprint density at radius 3 is 2.60 bits per heavy atom. The fourth-order valence-electron chi connectivity index (χ4n) is 3.45. The van der Waals surface area contributed by atoms with Gasteiger partial charge < -0.3 is 5.32 Å². The minimum absolute atomic E-state index is 0.111. The minimum Gasteiger partial charge on any atom is -0.342 e. The molecule has 0 saturated heterocycles. The van der Waals surface area contributed by atoms with Crippen molar-refractivity contribution >= 4 is 16.7 Å². The first-order valence-corrected chi connectivity index (χ1v) is 8.44. The van der Waals surface area contributed by atoms with Gasteiger partial charge in [0.05, 0.1) is 17.2 Å². The number of hydrogen-bond donors (Lipinski definition) is 1. The number of fused-ring (bicyclic) bond motifs is 1. The van der Waals surface area contributed by atoms with E-state index in [2.05, 4.69) is 35.7 Å². The Bertz CT molecular complexity index is 1020. The molecule has 0 radical (unpaired) electrons. The SMILES string of the molecule is Cc1ccc(C#N)cc1C(=O)NC1(c2cccc3ccccc23)CC1. The van der Waals surface area contributed by atoms with Gasteiger partial charge in [-0.1, -0.05) is 48.5 Å². The first-order valence-electron chi connectivity index (χ1n) is 8.44. The van der Waals surface area contributed by atoms with Gasteiger partial charge in [0.1, 0.15) is 0 Å². The number of aryl methyl sites for hydroxylation is 1. The largest absolute Gasteiger partial charge is 0.342 e. The van der Waals surface area contributed by atoms with Gasteiger partial charge in [-0.25, -0.2) is 0 Å². The van der Waals surface area contributed by atoms with Gasteiger partial charge in [-0.2, -0.15) is 5.26 Å². The monoisotopic (exact) mass is 326 g/mol. The molecule has 25 heavy (non-hydrogen) atoms. The van der Waals surface area contributed by atoms with E-state index in [1.165, 1.54) is 16.3 Å². The molecule has 1 N–H and O–H groups in total. The number of nitriles is 1. The number of benzene rings is 3. The van der Waals surface area contributed by atoms with Crippen LogP contribution in [0.2, 0.25) is 0 Å². The van der Waals surface area contributed by atoms with Gasteiger partial charge >= 0.3 is 0 Å². The van der Waals surface area contributed by atoms with Gasteiger partial charge in [0.25, 0.3) is 5.91 Å². The summed E-state index contributed by atoms with van der Waals surface area (Å²) < 4.78 is 0. The van der Waals surface area contributed by atoms with Crippen LogP contribution in [-0.4, -0.2) is 5.91 Å². The highest BCUT2D eigenvalue weighted by molar-refractivity contribution is 5.97. The Balaban J connectivity index is 1.71. The predicted molar refractivity (Wildman–Crippen MR) is 98.2 cm³/mol. The summed E-state index contributed by atoms with van der Waals surface area (Å²) >= 11 is 0. The van der Waals surface area contributed by atoms with Crippen LogP contribution in [0.15, 0.2) is 60.7 Å². The van der Waals surface area contributed by atoms with Crippen LogP contribution in [0.4, 0.5) is 0 Å². The van der Waals surface area contributed by atoms with Crippen molar-refractivity contribution in [3.63, 3.8) is 0 Å². The first kappa shape index (κ1) is 15.4. The van der Waals surface area contributed by atoms with Gasteiger partial charge in [0, 0.05) is 5.56 Å². The van der Waals surface area contributed by atoms with Crippen molar-refractivity contribution < 1.29 is 4.79 Å². The van der Waals surface area contributed by atoms with Gasteiger partial charge in [0.2, 0.25) is 0 Å². The van der Waals surface area contributed by atoms with Crippen LogP contribution in [0.5, 0.6) is 0 Å². The number of nitrogens with one attached hydrogen (secondary N) is 1. The smallest absolute Gasteiger partial charge is 0.252 e. The summed E-state index contributed by atoms with van der Waals surface area (Å²) in [6.45, 7) is 1.90. The second kappa shape index (κ2) is 5.75. The Morgan fingerprint density at radius 2 is 1.84 bits per heavy atom. The van der Waals surface area contributed by atoms with Crippen molar-refractivity contribution in [3.05, 3.63) is 82.9 Å². The normalized spacial score (nSPS) is 14.7. The zero-order valence-electron chi connectivity index (χ0n) is 14.0. The standard InChI is InChI=1S/C22H18N2O/c1-15-9-10-16(14-23)13-19(15)21(25)24-22(11-12-22)20-8-4-6-17-5-2-3-7-18(17)20/h2-10,13H,11-12H2,1H3,(H,24,25). The molecule has 0 bridgehead atoms. The van der Waals surface area contributed by atoms with Gasteiger partial charge in [0.15, 0.2) is 0 Å². The molecule has 0 atom stereocenters. The van der Waals surface area contributed by atoms with E-state index in [0.717, 1.165) is 18.4 Å². The molecule has 1 fully saturated rings. The summed E-state index contributed by atoms with van der Waals surface area (Å²) in [5, 5.41) is 14.7. The highest BCUT2D eigenvalue weighted by atomic mass is 16.1. The quantitative estimate of drug-likeness (QED) is 0.773. The summed E-state index contributed by atoms with van der Waals surface area (Å²) in [6.07, 6.45) is 1.87. The van der Waals surface area contributed by atoms with Crippen LogP contribution >= 0.6 is 0 Å².